The molecule has 0 bridgehead atoms. The Morgan fingerprint density at radius 1 is 1.67 bits per heavy atom. The normalized spacial score (nSPS) is 9.17. The van der Waals surface area contributed by atoms with E-state index < -0.39 is 5.69 Å². The van der Waals surface area contributed by atoms with Crippen molar-refractivity contribution in [3.63, 3.8) is 0 Å². The molecule has 1 N–H and O–H groups in total. The lowest BCUT2D eigenvalue weighted by Crippen LogP contribution is -2.24. The van der Waals surface area contributed by atoms with Crippen LogP contribution in [0, 0.1) is 6.92 Å². The predicted octanol–water partition coefficient (Wildman–Crippen LogP) is 0.773. The predicted molar refractivity (Wildman–Crippen MR) is 47.0 cm³/mol. The molecule has 0 unspecified atom stereocenters. The van der Waals surface area contributed by atoms with Crippen molar-refractivity contribution in [1.29, 1.82) is 0 Å². The minimum Gasteiger partial charge on any atom is -0.424 e. The van der Waals surface area contributed by atoms with Gasteiger partial charge in [0.05, 0.1) is 5.69 Å². The van der Waals surface area contributed by atoms with Crippen molar-refractivity contribution in [2.45, 2.75) is 20.3 Å². The Bertz CT molecular complexity index is 322. The number of nitrogens with zero attached hydrogens (tertiary/aromatic N) is 2. The molecule has 4 nitrogen and oxygen atoms in total. The number of rotatable bonds is 1. The first kappa shape index (κ1) is 11.0. The third kappa shape index (κ3) is 1.98. The fraction of sp³-hybridized carbons (Fsp3) is 0.429. The minimum absolute atomic E-state index is 0. The fourth-order valence-electron chi connectivity index (χ4n) is 0.907. The summed E-state index contributed by atoms with van der Waals surface area (Å²) in [4.78, 5) is 14.4. The van der Waals surface area contributed by atoms with Gasteiger partial charge in [0, 0.05) is 5.69 Å². The van der Waals surface area contributed by atoms with Crippen LogP contribution in [0.3, 0.4) is 0 Å². The molecule has 0 aliphatic rings. The van der Waals surface area contributed by atoms with Crippen LogP contribution in [0.25, 0.3) is 0 Å². The van der Waals surface area contributed by atoms with E-state index in [0.717, 1.165) is 0 Å². The SMILES string of the molecule is CCc1cc(C)nc(=O)n1O.Cl. The second-order valence-electron chi connectivity index (χ2n) is 2.34. The van der Waals surface area contributed by atoms with Gasteiger partial charge in [-0.1, -0.05) is 6.92 Å². The van der Waals surface area contributed by atoms with Gasteiger partial charge in [-0.2, -0.15) is 4.98 Å². The molecule has 1 aromatic heterocycles. The van der Waals surface area contributed by atoms with E-state index in [0.29, 0.717) is 22.5 Å². The van der Waals surface area contributed by atoms with Crippen molar-refractivity contribution in [3.05, 3.63) is 27.9 Å². The standard InChI is InChI=1S/C7H10N2O2.ClH/c1-3-6-4-5(2)8-7(10)9(6)11;/h4,11H,3H2,1-2H3;1H. The minimum atomic E-state index is -0.609. The second-order valence-corrected chi connectivity index (χ2v) is 2.34. The molecule has 0 amide bonds. The summed E-state index contributed by atoms with van der Waals surface area (Å²) >= 11 is 0. The lowest BCUT2D eigenvalue weighted by Gasteiger charge is -2.02. The molecule has 0 aromatic carbocycles. The van der Waals surface area contributed by atoms with E-state index in [1.54, 1.807) is 13.0 Å². The van der Waals surface area contributed by atoms with Gasteiger partial charge in [-0.25, -0.2) is 4.79 Å². The maximum Gasteiger partial charge on any atom is 0.380 e. The zero-order valence-corrected chi connectivity index (χ0v) is 7.76. The molecule has 1 aromatic rings. The highest BCUT2D eigenvalue weighted by molar-refractivity contribution is 5.85. The molecule has 68 valence electrons. The molecule has 1 rings (SSSR count). The smallest absolute Gasteiger partial charge is 0.380 e. The van der Waals surface area contributed by atoms with Gasteiger partial charge in [-0.05, 0) is 19.4 Å². The highest BCUT2D eigenvalue weighted by atomic mass is 35.5. The van der Waals surface area contributed by atoms with Crippen LogP contribution in [-0.4, -0.2) is 14.9 Å². The second kappa shape index (κ2) is 4.11. The number of hydrogen-bond donors (Lipinski definition) is 1. The molecule has 0 atom stereocenters. The van der Waals surface area contributed by atoms with Gasteiger partial charge >= 0.3 is 5.69 Å². The van der Waals surface area contributed by atoms with Gasteiger partial charge in [-0.15, -0.1) is 17.1 Å². The third-order valence-corrected chi connectivity index (χ3v) is 1.46. The van der Waals surface area contributed by atoms with E-state index in [2.05, 4.69) is 4.98 Å². The monoisotopic (exact) mass is 190 g/mol. The van der Waals surface area contributed by atoms with Crippen molar-refractivity contribution in [2.24, 2.45) is 0 Å². The van der Waals surface area contributed by atoms with Crippen molar-refractivity contribution in [2.75, 3.05) is 0 Å². The topological polar surface area (TPSA) is 55.1 Å². The summed E-state index contributed by atoms with van der Waals surface area (Å²) in [6, 6.07) is 1.68. The molecule has 12 heavy (non-hydrogen) atoms. The Morgan fingerprint density at radius 3 is 2.75 bits per heavy atom. The van der Waals surface area contributed by atoms with Crippen LogP contribution in [0.15, 0.2) is 10.9 Å². The summed E-state index contributed by atoms with van der Waals surface area (Å²) in [5.41, 5.74) is 0.613. The molecule has 1 heterocycles. The van der Waals surface area contributed by atoms with Gasteiger partial charge in [0.2, 0.25) is 0 Å². The molecule has 0 saturated heterocycles. The molecule has 0 spiro atoms. The average molecular weight is 191 g/mol. The number of aryl methyl sites for hydroxylation is 2. The van der Waals surface area contributed by atoms with Gasteiger partial charge in [0.25, 0.3) is 0 Å². The molecular weight excluding hydrogens is 180 g/mol. The summed E-state index contributed by atoms with van der Waals surface area (Å²) in [7, 11) is 0. The Balaban J connectivity index is 0.00000121. The lowest BCUT2D eigenvalue weighted by molar-refractivity contribution is 0.160. The largest absolute Gasteiger partial charge is 0.424 e. The van der Waals surface area contributed by atoms with E-state index in [9.17, 15) is 4.79 Å². The van der Waals surface area contributed by atoms with E-state index in [4.69, 9.17) is 5.21 Å². The first-order valence-corrected chi connectivity index (χ1v) is 3.44. The van der Waals surface area contributed by atoms with Crippen molar-refractivity contribution in [1.82, 2.24) is 9.71 Å². The highest BCUT2D eigenvalue weighted by Gasteiger charge is 2.01. The highest BCUT2D eigenvalue weighted by Crippen LogP contribution is 1.96. The first-order valence-electron chi connectivity index (χ1n) is 3.44. The zero-order valence-electron chi connectivity index (χ0n) is 6.94. The lowest BCUT2D eigenvalue weighted by atomic mass is 10.3. The van der Waals surface area contributed by atoms with Gasteiger partial charge in [0.1, 0.15) is 0 Å². The number of halogens is 1. The van der Waals surface area contributed by atoms with Crippen LogP contribution in [0.5, 0.6) is 0 Å². The summed E-state index contributed by atoms with van der Waals surface area (Å²) in [5, 5.41) is 9.06. The number of hydrogen-bond acceptors (Lipinski definition) is 3. The van der Waals surface area contributed by atoms with Crippen LogP contribution in [0.1, 0.15) is 18.3 Å². The summed E-state index contributed by atoms with van der Waals surface area (Å²) in [6.45, 7) is 3.58. The van der Waals surface area contributed by atoms with Crippen molar-refractivity contribution in [3.8, 4) is 0 Å². The molecular formula is C7H11ClN2O2. The van der Waals surface area contributed by atoms with Gasteiger partial charge in [0.15, 0.2) is 0 Å². The molecule has 0 fully saturated rings. The fourth-order valence-corrected chi connectivity index (χ4v) is 0.907. The third-order valence-electron chi connectivity index (χ3n) is 1.46. The maximum atomic E-state index is 10.8. The van der Waals surface area contributed by atoms with Crippen LogP contribution in [0.2, 0.25) is 0 Å². The Morgan fingerprint density at radius 2 is 2.25 bits per heavy atom. The molecule has 0 saturated carbocycles. The van der Waals surface area contributed by atoms with Gasteiger partial charge in [-0.3, -0.25) is 0 Å². The quantitative estimate of drug-likeness (QED) is 0.666. The summed E-state index contributed by atoms with van der Waals surface area (Å²) in [6.07, 6.45) is 0.620. The van der Waals surface area contributed by atoms with Crippen molar-refractivity contribution < 1.29 is 5.21 Å². The van der Waals surface area contributed by atoms with Crippen LogP contribution >= 0.6 is 12.4 Å². The van der Waals surface area contributed by atoms with E-state index in [1.165, 1.54) is 0 Å². The summed E-state index contributed by atoms with van der Waals surface area (Å²) < 4.78 is 0.576. The van der Waals surface area contributed by atoms with Crippen LogP contribution < -0.4 is 5.69 Å². The van der Waals surface area contributed by atoms with Crippen molar-refractivity contribution >= 4 is 12.4 Å². The van der Waals surface area contributed by atoms with Crippen LogP contribution in [-0.2, 0) is 6.42 Å². The molecule has 0 aliphatic heterocycles. The van der Waals surface area contributed by atoms with E-state index >= 15 is 0 Å². The molecule has 0 radical (unpaired) electrons. The first-order chi connectivity index (χ1) is 5.15. The van der Waals surface area contributed by atoms with E-state index in [1.807, 2.05) is 6.92 Å². The Hall–Kier alpha value is -1.03. The summed E-state index contributed by atoms with van der Waals surface area (Å²) in [5.74, 6) is 0. The number of aromatic nitrogens is 2. The molecule has 0 aliphatic carbocycles. The Labute approximate surface area is 76.2 Å². The molecule has 5 heteroatoms. The zero-order chi connectivity index (χ0) is 8.43. The Kier molecular flexibility index (Phi) is 3.76. The van der Waals surface area contributed by atoms with E-state index in [-0.39, 0.29) is 12.4 Å². The van der Waals surface area contributed by atoms with Crippen LogP contribution in [0.4, 0.5) is 0 Å². The van der Waals surface area contributed by atoms with Gasteiger partial charge < -0.3 is 5.21 Å². The average Bonchev–Trinajstić information content (AvgIpc) is 1.96. The maximum absolute atomic E-state index is 10.8.